The molecule has 1 amide bonds. The summed E-state index contributed by atoms with van der Waals surface area (Å²) in [4.78, 5) is 12.7. The summed E-state index contributed by atoms with van der Waals surface area (Å²) in [5.41, 5.74) is 0. The van der Waals surface area contributed by atoms with Gasteiger partial charge in [-0.25, -0.2) is 0 Å². The van der Waals surface area contributed by atoms with Crippen molar-refractivity contribution < 1.29 is 13.6 Å². The molecule has 1 aliphatic heterocycles. The van der Waals surface area contributed by atoms with Crippen LogP contribution in [0.1, 0.15) is 19.3 Å². The van der Waals surface area contributed by atoms with E-state index < -0.39 is 12.3 Å². The lowest BCUT2D eigenvalue weighted by atomic mass is 10.1. The van der Waals surface area contributed by atoms with Crippen molar-refractivity contribution in [2.75, 3.05) is 26.2 Å². The van der Waals surface area contributed by atoms with Crippen LogP contribution < -0.4 is 5.32 Å². The third kappa shape index (κ3) is 4.00. The molecule has 82 valence electrons. The first-order valence-electron chi connectivity index (χ1n) is 4.98. The molecule has 0 bridgehead atoms. The standard InChI is InChI=1S/C9H16F2N2O/c10-8(11)9(14)12-4-7-13-5-2-1-3-6-13/h8H,1-7H2,(H,12,14). The summed E-state index contributed by atoms with van der Waals surface area (Å²) in [6, 6.07) is 0. The molecule has 0 saturated carbocycles. The molecule has 3 nitrogen and oxygen atoms in total. The molecule has 1 saturated heterocycles. The number of alkyl halides is 2. The SMILES string of the molecule is O=C(NCCN1CCCCC1)C(F)F. The Kier molecular flexibility index (Phi) is 4.79. The molecule has 1 heterocycles. The van der Waals surface area contributed by atoms with Crippen molar-refractivity contribution in [3.63, 3.8) is 0 Å². The maximum absolute atomic E-state index is 11.8. The normalized spacial score (nSPS) is 18.5. The monoisotopic (exact) mass is 206 g/mol. The number of nitrogens with zero attached hydrogens (tertiary/aromatic N) is 1. The largest absolute Gasteiger partial charge is 0.350 e. The van der Waals surface area contributed by atoms with E-state index in [0.29, 0.717) is 13.1 Å². The molecule has 0 radical (unpaired) electrons. The van der Waals surface area contributed by atoms with Gasteiger partial charge in [0.05, 0.1) is 0 Å². The third-order valence-corrected chi connectivity index (χ3v) is 2.37. The number of hydrogen-bond donors (Lipinski definition) is 1. The van der Waals surface area contributed by atoms with Crippen LogP contribution in [0, 0.1) is 0 Å². The molecule has 0 aromatic heterocycles. The number of likely N-dealkylation sites (tertiary alicyclic amines) is 1. The molecule has 0 spiro atoms. The number of carbonyl (C=O) groups is 1. The average molecular weight is 206 g/mol. The molecule has 1 N–H and O–H groups in total. The van der Waals surface area contributed by atoms with Crippen molar-refractivity contribution in [1.82, 2.24) is 10.2 Å². The summed E-state index contributed by atoms with van der Waals surface area (Å²) in [6.07, 6.45) is 0.697. The second kappa shape index (κ2) is 5.90. The summed E-state index contributed by atoms with van der Waals surface area (Å²) in [6.45, 7) is 3.04. The number of hydrogen-bond acceptors (Lipinski definition) is 2. The van der Waals surface area contributed by atoms with Gasteiger partial charge < -0.3 is 10.2 Å². The van der Waals surface area contributed by atoms with Crippen molar-refractivity contribution in [2.45, 2.75) is 25.7 Å². The first-order chi connectivity index (χ1) is 6.70. The fraction of sp³-hybridized carbons (Fsp3) is 0.889. The van der Waals surface area contributed by atoms with Gasteiger partial charge in [-0.3, -0.25) is 4.79 Å². The molecule has 1 rings (SSSR count). The van der Waals surface area contributed by atoms with Gasteiger partial charge in [-0.15, -0.1) is 0 Å². The topological polar surface area (TPSA) is 32.3 Å². The van der Waals surface area contributed by atoms with Crippen LogP contribution in [0.25, 0.3) is 0 Å². The third-order valence-electron chi connectivity index (χ3n) is 2.37. The Hall–Kier alpha value is -0.710. The van der Waals surface area contributed by atoms with E-state index in [-0.39, 0.29) is 0 Å². The van der Waals surface area contributed by atoms with Gasteiger partial charge in [-0.05, 0) is 25.9 Å². The molecule has 1 aliphatic rings. The van der Waals surface area contributed by atoms with Crippen LogP contribution in [0.15, 0.2) is 0 Å². The predicted octanol–water partition coefficient (Wildman–Crippen LogP) is 0.854. The fourth-order valence-electron chi connectivity index (χ4n) is 1.60. The fourth-order valence-corrected chi connectivity index (χ4v) is 1.60. The highest BCUT2D eigenvalue weighted by molar-refractivity contribution is 5.78. The highest BCUT2D eigenvalue weighted by atomic mass is 19.3. The number of rotatable bonds is 4. The number of halogens is 2. The highest BCUT2D eigenvalue weighted by Gasteiger charge is 2.15. The number of nitrogens with one attached hydrogen (secondary N) is 1. The van der Waals surface area contributed by atoms with Crippen LogP contribution in [0.4, 0.5) is 8.78 Å². The van der Waals surface area contributed by atoms with Crippen molar-refractivity contribution in [3.05, 3.63) is 0 Å². The molecular weight excluding hydrogens is 190 g/mol. The average Bonchev–Trinajstić information content (AvgIpc) is 2.19. The Morgan fingerprint density at radius 1 is 1.29 bits per heavy atom. The van der Waals surface area contributed by atoms with Crippen LogP contribution in [0.5, 0.6) is 0 Å². The molecular formula is C9H16F2N2O. The minimum atomic E-state index is -2.89. The highest BCUT2D eigenvalue weighted by Crippen LogP contribution is 2.07. The van der Waals surface area contributed by atoms with Gasteiger partial charge in [0, 0.05) is 13.1 Å². The molecule has 0 unspecified atom stereocenters. The minimum absolute atomic E-state index is 0.323. The van der Waals surface area contributed by atoms with Crippen LogP contribution in [-0.4, -0.2) is 43.4 Å². The zero-order chi connectivity index (χ0) is 10.4. The Balaban J connectivity index is 2.05. The summed E-state index contributed by atoms with van der Waals surface area (Å²) >= 11 is 0. The molecule has 0 aliphatic carbocycles. The van der Waals surface area contributed by atoms with E-state index in [0.717, 1.165) is 13.1 Å². The second-order valence-electron chi connectivity index (χ2n) is 3.49. The quantitative estimate of drug-likeness (QED) is 0.739. The van der Waals surface area contributed by atoms with Crippen molar-refractivity contribution >= 4 is 5.91 Å². The van der Waals surface area contributed by atoms with Gasteiger partial charge in [0.2, 0.25) is 0 Å². The van der Waals surface area contributed by atoms with Gasteiger partial charge >= 0.3 is 6.43 Å². The van der Waals surface area contributed by atoms with Crippen LogP contribution in [0.2, 0.25) is 0 Å². The van der Waals surface area contributed by atoms with E-state index in [9.17, 15) is 13.6 Å². The molecule has 0 aromatic rings. The molecule has 0 atom stereocenters. The first kappa shape index (κ1) is 11.4. The Morgan fingerprint density at radius 2 is 1.93 bits per heavy atom. The Labute approximate surface area is 82.5 Å². The smallest absolute Gasteiger partial charge is 0.315 e. The van der Waals surface area contributed by atoms with Crippen LogP contribution in [-0.2, 0) is 4.79 Å². The van der Waals surface area contributed by atoms with E-state index in [4.69, 9.17) is 0 Å². The molecule has 5 heteroatoms. The maximum atomic E-state index is 11.8. The number of piperidine rings is 1. The lowest BCUT2D eigenvalue weighted by molar-refractivity contribution is -0.131. The van der Waals surface area contributed by atoms with Crippen molar-refractivity contribution in [3.8, 4) is 0 Å². The van der Waals surface area contributed by atoms with Crippen LogP contribution >= 0.6 is 0 Å². The minimum Gasteiger partial charge on any atom is -0.350 e. The first-order valence-corrected chi connectivity index (χ1v) is 4.98. The van der Waals surface area contributed by atoms with Gasteiger partial charge in [-0.2, -0.15) is 8.78 Å². The van der Waals surface area contributed by atoms with E-state index in [2.05, 4.69) is 10.2 Å². The second-order valence-corrected chi connectivity index (χ2v) is 3.49. The molecule has 1 fully saturated rings. The van der Waals surface area contributed by atoms with Crippen molar-refractivity contribution in [2.24, 2.45) is 0 Å². The predicted molar refractivity (Wildman–Crippen MR) is 49.3 cm³/mol. The Morgan fingerprint density at radius 3 is 2.50 bits per heavy atom. The van der Waals surface area contributed by atoms with E-state index in [1.165, 1.54) is 19.3 Å². The summed E-state index contributed by atoms with van der Waals surface area (Å²) in [7, 11) is 0. The molecule has 0 aromatic carbocycles. The lowest BCUT2D eigenvalue weighted by Gasteiger charge is -2.26. The summed E-state index contributed by atoms with van der Waals surface area (Å²) in [5.74, 6) is -1.16. The van der Waals surface area contributed by atoms with E-state index >= 15 is 0 Å². The zero-order valence-electron chi connectivity index (χ0n) is 8.14. The van der Waals surface area contributed by atoms with Gasteiger partial charge in [0.15, 0.2) is 0 Å². The number of amides is 1. The summed E-state index contributed by atoms with van der Waals surface area (Å²) in [5, 5.41) is 2.20. The Bertz CT molecular complexity index is 182. The van der Waals surface area contributed by atoms with Gasteiger partial charge in [0.1, 0.15) is 0 Å². The summed E-state index contributed by atoms with van der Waals surface area (Å²) < 4.78 is 23.5. The molecule has 14 heavy (non-hydrogen) atoms. The van der Waals surface area contributed by atoms with Crippen molar-refractivity contribution in [1.29, 1.82) is 0 Å². The zero-order valence-corrected chi connectivity index (χ0v) is 8.14. The lowest BCUT2D eigenvalue weighted by Crippen LogP contribution is -2.39. The van der Waals surface area contributed by atoms with Gasteiger partial charge in [-0.1, -0.05) is 6.42 Å². The van der Waals surface area contributed by atoms with E-state index in [1.807, 2.05) is 0 Å². The van der Waals surface area contributed by atoms with Crippen LogP contribution in [0.3, 0.4) is 0 Å². The van der Waals surface area contributed by atoms with E-state index in [1.54, 1.807) is 0 Å². The maximum Gasteiger partial charge on any atom is 0.315 e. The number of carbonyl (C=O) groups excluding carboxylic acids is 1. The van der Waals surface area contributed by atoms with Gasteiger partial charge in [0.25, 0.3) is 5.91 Å².